The van der Waals surface area contributed by atoms with Crippen LogP contribution in [0.25, 0.3) is 0 Å². The van der Waals surface area contributed by atoms with Crippen molar-refractivity contribution in [3.05, 3.63) is 29.3 Å². The summed E-state index contributed by atoms with van der Waals surface area (Å²) in [6.45, 7) is 5.51. The lowest BCUT2D eigenvalue weighted by molar-refractivity contribution is -0.136. The van der Waals surface area contributed by atoms with Crippen molar-refractivity contribution in [2.75, 3.05) is 20.2 Å². The molecule has 0 fully saturated rings. The minimum atomic E-state index is -0.321. The second kappa shape index (κ2) is 7.31. The average molecular weight is 313 g/mol. The number of nitrogens with zero attached hydrogens (tertiary/aromatic N) is 1. The molecule has 1 aromatic carbocycles. The number of nitrogens with one attached hydrogen (secondary N) is 1. The van der Waals surface area contributed by atoms with Crippen LogP contribution >= 0.6 is 11.6 Å². The molecule has 1 N–H and O–H groups in total. The van der Waals surface area contributed by atoms with Crippen molar-refractivity contribution in [1.29, 1.82) is 0 Å². The molecule has 0 heterocycles. The molecule has 0 spiro atoms. The summed E-state index contributed by atoms with van der Waals surface area (Å²) in [5.41, 5.74) is -0.321. The Bertz CT molecular complexity index is 512. The number of hydrogen-bond acceptors (Lipinski definition) is 3. The summed E-state index contributed by atoms with van der Waals surface area (Å²) in [6, 6.07) is 6.80. The monoisotopic (exact) mass is 312 g/mol. The Labute approximate surface area is 130 Å². The number of amides is 2. The van der Waals surface area contributed by atoms with Gasteiger partial charge in [-0.05, 0) is 39.0 Å². The molecule has 5 nitrogen and oxygen atoms in total. The van der Waals surface area contributed by atoms with Crippen LogP contribution in [-0.4, -0.2) is 42.5 Å². The first kappa shape index (κ1) is 17.3. The molecule has 0 radical (unpaired) electrons. The molecular formula is C15H21ClN2O3. The lowest BCUT2D eigenvalue weighted by atomic mass is 10.1. The van der Waals surface area contributed by atoms with Crippen LogP contribution in [0, 0.1) is 0 Å². The fourth-order valence-electron chi connectivity index (χ4n) is 1.57. The molecule has 0 aliphatic carbocycles. The smallest absolute Gasteiger partial charge is 0.260 e. The van der Waals surface area contributed by atoms with Crippen LogP contribution in [0.4, 0.5) is 0 Å². The van der Waals surface area contributed by atoms with Gasteiger partial charge in [-0.1, -0.05) is 17.7 Å². The minimum absolute atomic E-state index is 0.00495. The van der Waals surface area contributed by atoms with Gasteiger partial charge in [-0.2, -0.15) is 0 Å². The normalized spacial score (nSPS) is 10.9. The first-order chi connectivity index (χ1) is 9.67. The van der Waals surface area contributed by atoms with Crippen LogP contribution in [0.3, 0.4) is 0 Å². The predicted octanol–water partition coefficient (Wildman–Crippen LogP) is 2.09. The minimum Gasteiger partial charge on any atom is -0.484 e. The van der Waals surface area contributed by atoms with E-state index in [1.54, 1.807) is 31.3 Å². The Kier molecular flexibility index (Phi) is 6.03. The quantitative estimate of drug-likeness (QED) is 0.905. The van der Waals surface area contributed by atoms with E-state index in [0.29, 0.717) is 10.8 Å². The summed E-state index contributed by atoms with van der Waals surface area (Å²) in [5, 5.41) is 3.33. The van der Waals surface area contributed by atoms with E-state index in [4.69, 9.17) is 16.3 Å². The van der Waals surface area contributed by atoms with Gasteiger partial charge in [-0.15, -0.1) is 0 Å². The van der Waals surface area contributed by atoms with E-state index in [1.165, 1.54) is 4.90 Å². The lowest BCUT2D eigenvalue weighted by Crippen LogP contribution is -2.47. The molecule has 0 atom stereocenters. The summed E-state index contributed by atoms with van der Waals surface area (Å²) >= 11 is 5.82. The van der Waals surface area contributed by atoms with Gasteiger partial charge in [0.2, 0.25) is 5.91 Å². The van der Waals surface area contributed by atoms with Crippen LogP contribution in [-0.2, 0) is 9.59 Å². The molecule has 0 aliphatic heterocycles. The summed E-state index contributed by atoms with van der Waals surface area (Å²) in [7, 11) is 1.56. The highest BCUT2D eigenvalue weighted by atomic mass is 35.5. The Balaban J connectivity index is 2.43. The van der Waals surface area contributed by atoms with Gasteiger partial charge in [-0.25, -0.2) is 0 Å². The summed E-state index contributed by atoms with van der Waals surface area (Å²) < 4.78 is 5.34. The van der Waals surface area contributed by atoms with Crippen LogP contribution in [0.2, 0.25) is 5.02 Å². The Morgan fingerprint density at radius 2 is 2.00 bits per heavy atom. The maximum absolute atomic E-state index is 11.9. The Hall–Kier alpha value is -1.75. The van der Waals surface area contributed by atoms with E-state index in [-0.39, 0.29) is 30.5 Å². The molecule has 0 bridgehead atoms. The van der Waals surface area contributed by atoms with Crippen LogP contribution in [0.5, 0.6) is 5.75 Å². The highest BCUT2D eigenvalue weighted by Gasteiger charge is 2.18. The zero-order valence-electron chi connectivity index (χ0n) is 12.8. The predicted molar refractivity (Wildman–Crippen MR) is 82.5 cm³/mol. The van der Waals surface area contributed by atoms with Crippen molar-refractivity contribution in [3.8, 4) is 5.75 Å². The number of benzene rings is 1. The first-order valence-electron chi connectivity index (χ1n) is 6.61. The number of rotatable bonds is 5. The van der Waals surface area contributed by atoms with Crippen molar-refractivity contribution >= 4 is 23.4 Å². The van der Waals surface area contributed by atoms with Gasteiger partial charge in [-0.3, -0.25) is 9.59 Å². The molecule has 0 saturated heterocycles. The van der Waals surface area contributed by atoms with E-state index in [1.807, 2.05) is 20.8 Å². The second-order valence-electron chi connectivity index (χ2n) is 5.79. The van der Waals surface area contributed by atoms with E-state index >= 15 is 0 Å². The SMILES string of the molecule is CN(CC(=O)NC(C)(C)C)C(=O)COc1cccc(Cl)c1. The standard InChI is InChI=1S/C15H21ClN2O3/c1-15(2,3)17-13(19)9-18(4)14(20)10-21-12-7-5-6-11(16)8-12/h5-8H,9-10H2,1-4H3,(H,17,19). The van der Waals surface area contributed by atoms with E-state index in [2.05, 4.69) is 5.32 Å². The van der Waals surface area contributed by atoms with Gasteiger partial charge in [0.25, 0.3) is 5.91 Å². The maximum atomic E-state index is 11.9. The van der Waals surface area contributed by atoms with Crippen LogP contribution in [0.15, 0.2) is 24.3 Å². The van der Waals surface area contributed by atoms with E-state index in [9.17, 15) is 9.59 Å². The molecular weight excluding hydrogens is 292 g/mol. The molecule has 2 amide bonds. The molecule has 0 aromatic heterocycles. The lowest BCUT2D eigenvalue weighted by Gasteiger charge is -2.23. The molecule has 1 rings (SSSR count). The highest BCUT2D eigenvalue weighted by molar-refractivity contribution is 6.30. The molecule has 1 aromatic rings. The average Bonchev–Trinajstić information content (AvgIpc) is 2.33. The van der Waals surface area contributed by atoms with Gasteiger partial charge in [0.15, 0.2) is 6.61 Å². The molecule has 0 unspecified atom stereocenters. The number of likely N-dealkylation sites (N-methyl/N-ethyl adjacent to an activating group) is 1. The van der Waals surface area contributed by atoms with Gasteiger partial charge < -0.3 is 15.0 Å². The van der Waals surface area contributed by atoms with Gasteiger partial charge >= 0.3 is 0 Å². The number of ether oxygens (including phenoxy) is 1. The number of carbonyl (C=O) groups excluding carboxylic acids is 2. The van der Waals surface area contributed by atoms with Gasteiger partial charge in [0.1, 0.15) is 5.75 Å². The highest BCUT2D eigenvalue weighted by Crippen LogP contribution is 2.16. The largest absolute Gasteiger partial charge is 0.484 e. The Morgan fingerprint density at radius 3 is 2.57 bits per heavy atom. The molecule has 21 heavy (non-hydrogen) atoms. The van der Waals surface area contributed by atoms with Crippen LogP contribution in [0.1, 0.15) is 20.8 Å². The summed E-state index contributed by atoms with van der Waals surface area (Å²) in [5.74, 6) is 0.0310. The molecule has 116 valence electrons. The molecule has 6 heteroatoms. The van der Waals surface area contributed by atoms with Crippen molar-refractivity contribution in [1.82, 2.24) is 10.2 Å². The van der Waals surface area contributed by atoms with Gasteiger partial charge in [0, 0.05) is 17.6 Å². The maximum Gasteiger partial charge on any atom is 0.260 e. The van der Waals surface area contributed by atoms with E-state index in [0.717, 1.165) is 0 Å². The third-order valence-corrected chi connectivity index (χ3v) is 2.71. The molecule has 0 aliphatic rings. The fraction of sp³-hybridized carbons (Fsp3) is 0.467. The van der Waals surface area contributed by atoms with Crippen molar-refractivity contribution in [2.45, 2.75) is 26.3 Å². The van der Waals surface area contributed by atoms with Crippen molar-refractivity contribution in [2.24, 2.45) is 0 Å². The summed E-state index contributed by atoms with van der Waals surface area (Å²) in [4.78, 5) is 24.9. The topological polar surface area (TPSA) is 58.6 Å². The number of carbonyl (C=O) groups is 2. The Morgan fingerprint density at radius 1 is 1.33 bits per heavy atom. The third-order valence-electron chi connectivity index (χ3n) is 2.48. The van der Waals surface area contributed by atoms with Crippen molar-refractivity contribution in [3.63, 3.8) is 0 Å². The van der Waals surface area contributed by atoms with Crippen molar-refractivity contribution < 1.29 is 14.3 Å². The molecule has 0 saturated carbocycles. The first-order valence-corrected chi connectivity index (χ1v) is 6.98. The van der Waals surface area contributed by atoms with Gasteiger partial charge in [0.05, 0.1) is 6.54 Å². The second-order valence-corrected chi connectivity index (χ2v) is 6.23. The van der Waals surface area contributed by atoms with Crippen LogP contribution < -0.4 is 10.1 Å². The third kappa shape index (κ3) is 6.99. The zero-order valence-corrected chi connectivity index (χ0v) is 13.5. The number of hydrogen-bond donors (Lipinski definition) is 1. The fourth-order valence-corrected chi connectivity index (χ4v) is 1.75. The van der Waals surface area contributed by atoms with E-state index < -0.39 is 0 Å². The zero-order chi connectivity index (χ0) is 16.0. The number of halogens is 1. The summed E-state index contributed by atoms with van der Waals surface area (Å²) in [6.07, 6.45) is 0.